The van der Waals surface area contributed by atoms with E-state index in [-0.39, 0.29) is 24.7 Å². The number of aryl methyl sites for hydroxylation is 1. The Morgan fingerprint density at radius 1 is 1.04 bits per heavy atom. The molecule has 5 heteroatoms. The van der Waals surface area contributed by atoms with Crippen molar-refractivity contribution in [2.45, 2.75) is 25.7 Å². The van der Waals surface area contributed by atoms with E-state index in [1.54, 1.807) is 0 Å². The van der Waals surface area contributed by atoms with Gasteiger partial charge >= 0.3 is 5.97 Å². The number of rotatable bonds is 7. The molecule has 1 aromatic carbocycles. The minimum atomic E-state index is -0.308. The summed E-state index contributed by atoms with van der Waals surface area (Å²) in [6.07, 6.45) is 2.77. The number of hydrogen-bond acceptors (Lipinski definition) is 4. The Balaban J connectivity index is 1.36. The van der Waals surface area contributed by atoms with Gasteiger partial charge in [0.1, 0.15) is 0 Å². The molecule has 0 unspecified atom stereocenters. The number of amides is 1. The van der Waals surface area contributed by atoms with Crippen LogP contribution in [0.4, 0.5) is 0 Å². The predicted molar refractivity (Wildman–Crippen MR) is 96.0 cm³/mol. The van der Waals surface area contributed by atoms with Crippen molar-refractivity contribution in [3.05, 3.63) is 35.9 Å². The molecule has 2 aliphatic heterocycles. The van der Waals surface area contributed by atoms with Gasteiger partial charge in [-0.15, -0.1) is 0 Å². The number of carbonyl (C=O) groups excluding carboxylic acids is 2. The van der Waals surface area contributed by atoms with Gasteiger partial charge in [-0.25, -0.2) is 0 Å². The molecule has 136 valence electrons. The zero-order valence-electron chi connectivity index (χ0n) is 15.0. The number of methoxy groups -OCH3 is 1. The predicted octanol–water partition coefficient (Wildman–Crippen LogP) is 1.96. The third-order valence-electron chi connectivity index (χ3n) is 5.47. The van der Waals surface area contributed by atoms with Gasteiger partial charge in [-0.1, -0.05) is 30.3 Å². The number of fused-ring (bicyclic) bond motifs is 1. The van der Waals surface area contributed by atoms with Crippen LogP contribution in [0.2, 0.25) is 0 Å². The number of carbonyl (C=O) groups is 2. The molecular weight excluding hydrogens is 316 g/mol. The highest BCUT2D eigenvalue weighted by atomic mass is 16.5. The van der Waals surface area contributed by atoms with Crippen LogP contribution in [0, 0.1) is 11.8 Å². The van der Waals surface area contributed by atoms with Crippen molar-refractivity contribution in [1.29, 1.82) is 0 Å². The molecule has 0 aliphatic carbocycles. The lowest BCUT2D eigenvalue weighted by atomic mass is 10.0. The number of ether oxygens (including phenoxy) is 1. The number of benzene rings is 1. The number of likely N-dealkylation sites (tertiary alicyclic amines) is 2. The summed E-state index contributed by atoms with van der Waals surface area (Å²) in [6, 6.07) is 10.6. The Kier molecular flexibility index (Phi) is 6.08. The van der Waals surface area contributed by atoms with Crippen molar-refractivity contribution in [3.8, 4) is 0 Å². The highest BCUT2D eigenvalue weighted by Crippen LogP contribution is 2.31. The minimum Gasteiger partial charge on any atom is -0.469 e. The van der Waals surface area contributed by atoms with Crippen LogP contribution in [0.5, 0.6) is 0 Å². The Morgan fingerprint density at radius 3 is 2.36 bits per heavy atom. The average molecular weight is 344 g/mol. The number of nitrogens with zero attached hydrogens (tertiary/aromatic N) is 2. The first-order valence-corrected chi connectivity index (χ1v) is 9.26. The van der Waals surface area contributed by atoms with E-state index >= 15 is 0 Å². The van der Waals surface area contributed by atoms with Crippen LogP contribution >= 0.6 is 0 Å². The molecule has 3 rings (SSSR count). The second-order valence-corrected chi connectivity index (χ2v) is 7.24. The molecular formula is C20H28N2O3. The largest absolute Gasteiger partial charge is 0.469 e. The van der Waals surface area contributed by atoms with Crippen molar-refractivity contribution in [1.82, 2.24) is 9.80 Å². The van der Waals surface area contributed by atoms with Gasteiger partial charge in [-0.2, -0.15) is 0 Å². The molecule has 0 bridgehead atoms. The fourth-order valence-electron chi connectivity index (χ4n) is 4.10. The monoisotopic (exact) mass is 344 g/mol. The summed E-state index contributed by atoms with van der Waals surface area (Å²) in [5.41, 5.74) is 1.41. The van der Waals surface area contributed by atoms with E-state index in [1.165, 1.54) is 19.1 Å². The van der Waals surface area contributed by atoms with E-state index in [9.17, 15) is 9.59 Å². The number of esters is 1. The molecule has 2 saturated heterocycles. The third-order valence-corrected chi connectivity index (χ3v) is 5.47. The molecule has 2 aliphatic rings. The summed E-state index contributed by atoms with van der Waals surface area (Å²) in [7, 11) is 1.36. The Morgan fingerprint density at radius 2 is 1.72 bits per heavy atom. The standard InChI is InChI=1S/C20H28N2O3/c1-25-20(24)10-9-19(23)22-14-17-12-21(13-18(17)15-22)11-5-8-16-6-3-2-4-7-16/h2-4,6-7,17-18H,5,8-15H2,1H3/t17-,18+. The van der Waals surface area contributed by atoms with Gasteiger partial charge < -0.3 is 14.5 Å². The van der Waals surface area contributed by atoms with Crippen molar-refractivity contribution < 1.29 is 14.3 Å². The Hall–Kier alpha value is -1.88. The second kappa shape index (κ2) is 8.48. The minimum absolute atomic E-state index is 0.0930. The first-order valence-electron chi connectivity index (χ1n) is 9.26. The lowest BCUT2D eigenvalue weighted by Gasteiger charge is -2.21. The average Bonchev–Trinajstić information content (AvgIpc) is 3.19. The van der Waals surface area contributed by atoms with Crippen molar-refractivity contribution >= 4 is 11.9 Å². The topological polar surface area (TPSA) is 49.9 Å². The van der Waals surface area contributed by atoms with E-state index in [0.29, 0.717) is 11.8 Å². The van der Waals surface area contributed by atoms with Crippen LogP contribution < -0.4 is 0 Å². The SMILES string of the molecule is COC(=O)CCC(=O)N1C[C@H]2CN(CCCc3ccccc3)C[C@H]2C1. The fourth-order valence-corrected chi connectivity index (χ4v) is 4.10. The smallest absolute Gasteiger partial charge is 0.306 e. The van der Waals surface area contributed by atoms with Gasteiger partial charge in [-0.3, -0.25) is 9.59 Å². The van der Waals surface area contributed by atoms with Crippen LogP contribution in [0.1, 0.15) is 24.8 Å². The zero-order chi connectivity index (χ0) is 17.6. The van der Waals surface area contributed by atoms with E-state index < -0.39 is 0 Å². The Labute approximate surface area is 149 Å². The molecule has 1 aromatic rings. The summed E-state index contributed by atoms with van der Waals surface area (Å²) in [5, 5.41) is 0. The summed E-state index contributed by atoms with van der Waals surface area (Å²) in [6.45, 7) is 5.03. The van der Waals surface area contributed by atoms with Gasteiger partial charge in [0.25, 0.3) is 0 Å². The van der Waals surface area contributed by atoms with Crippen LogP contribution in [0.3, 0.4) is 0 Å². The molecule has 2 fully saturated rings. The quantitative estimate of drug-likeness (QED) is 0.710. The lowest BCUT2D eigenvalue weighted by molar-refractivity contribution is -0.143. The maximum absolute atomic E-state index is 12.2. The molecule has 0 spiro atoms. The molecule has 0 saturated carbocycles. The van der Waals surface area contributed by atoms with E-state index in [4.69, 9.17) is 0 Å². The van der Waals surface area contributed by atoms with Crippen LogP contribution in [0.15, 0.2) is 30.3 Å². The summed E-state index contributed by atoms with van der Waals surface area (Å²) in [5.74, 6) is 0.977. The molecule has 0 aromatic heterocycles. The van der Waals surface area contributed by atoms with E-state index in [0.717, 1.165) is 39.1 Å². The fraction of sp³-hybridized carbons (Fsp3) is 0.600. The van der Waals surface area contributed by atoms with Gasteiger partial charge in [0, 0.05) is 32.6 Å². The van der Waals surface area contributed by atoms with Crippen LogP contribution in [0.25, 0.3) is 0 Å². The molecule has 1 amide bonds. The van der Waals surface area contributed by atoms with Gasteiger partial charge in [0.2, 0.25) is 5.91 Å². The first-order chi connectivity index (χ1) is 12.2. The van der Waals surface area contributed by atoms with Crippen LogP contribution in [-0.4, -0.2) is 61.5 Å². The molecule has 0 N–H and O–H groups in total. The van der Waals surface area contributed by atoms with Crippen LogP contribution in [-0.2, 0) is 20.7 Å². The molecule has 2 heterocycles. The summed E-state index contributed by atoms with van der Waals surface area (Å²) in [4.78, 5) is 27.9. The van der Waals surface area contributed by atoms with Gasteiger partial charge in [0.05, 0.1) is 13.5 Å². The molecule has 2 atom stereocenters. The Bertz CT molecular complexity index is 576. The van der Waals surface area contributed by atoms with E-state index in [1.807, 2.05) is 4.90 Å². The highest BCUT2D eigenvalue weighted by Gasteiger charge is 2.41. The van der Waals surface area contributed by atoms with E-state index in [2.05, 4.69) is 40.0 Å². The molecule has 5 nitrogen and oxygen atoms in total. The van der Waals surface area contributed by atoms with Crippen molar-refractivity contribution in [2.75, 3.05) is 39.8 Å². The lowest BCUT2D eigenvalue weighted by Crippen LogP contribution is -2.33. The third kappa shape index (κ3) is 4.82. The first kappa shape index (κ1) is 17.9. The summed E-state index contributed by atoms with van der Waals surface area (Å²) < 4.78 is 4.61. The zero-order valence-corrected chi connectivity index (χ0v) is 15.0. The van der Waals surface area contributed by atoms with Crippen molar-refractivity contribution in [3.63, 3.8) is 0 Å². The van der Waals surface area contributed by atoms with Gasteiger partial charge in [-0.05, 0) is 36.8 Å². The van der Waals surface area contributed by atoms with Gasteiger partial charge in [0.15, 0.2) is 0 Å². The maximum atomic E-state index is 12.2. The highest BCUT2D eigenvalue weighted by molar-refractivity contribution is 5.81. The number of hydrogen-bond donors (Lipinski definition) is 0. The molecule has 25 heavy (non-hydrogen) atoms. The molecule has 0 radical (unpaired) electrons. The normalized spacial score (nSPS) is 22.8. The summed E-state index contributed by atoms with van der Waals surface area (Å²) >= 11 is 0. The second-order valence-electron chi connectivity index (χ2n) is 7.24. The van der Waals surface area contributed by atoms with Crippen molar-refractivity contribution in [2.24, 2.45) is 11.8 Å². The maximum Gasteiger partial charge on any atom is 0.306 e.